The molecule has 0 aliphatic heterocycles. The van der Waals surface area contributed by atoms with E-state index in [9.17, 15) is 0 Å². The number of methoxy groups -OCH3 is 1. The van der Waals surface area contributed by atoms with Gasteiger partial charge in [-0.2, -0.15) is 0 Å². The Morgan fingerprint density at radius 1 is 1.60 bits per heavy atom. The third kappa shape index (κ3) is 4.73. The molecular weight excluding hydrogens is 208 g/mol. The lowest BCUT2D eigenvalue weighted by Gasteiger charge is -2.19. The second kappa shape index (κ2) is 6.93. The van der Waals surface area contributed by atoms with E-state index in [1.165, 1.54) is 4.88 Å². The maximum atomic E-state index is 5.15. The van der Waals surface area contributed by atoms with E-state index in [0.717, 1.165) is 19.4 Å². The molecule has 1 aromatic rings. The zero-order valence-corrected chi connectivity index (χ0v) is 10.5. The Hall–Kier alpha value is -0.450. The molecule has 1 heterocycles. The lowest BCUT2D eigenvalue weighted by Crippen LogP contribution is -2.30. The molecule has 0 fully saturated rings. The minimum Gasteiger partial charge on any atom is -0.384 e. The fourth-order valence-electron chi connectivity index (χ4n) is 1.73. The van der Waals surface area contributed by atoms with Gasteiger partial charge in [-0.1, -0.05) is 6.92 Å². The number of aromatic nitrogens is 1. The summed E-state index contributed by atoms with van der Waals surface area (Å²) in [5.74, 6) is 0.598. The summed E-state index contributed by atoms with van der Waals surface area (Å²) in [5.41, 5.74) is 1.89. The van der Waals surface area contributed by atoms with Crippen molar-refractivity contribution in [3.63, 3.8) is 0 Å². The average Bonchev–Trinajstić information content (AvgIpc) is 2.70. The van der Waals surface area contributed by atoms with Crippen molar-refractivity contribution in [1.82, 2.24) is 10.3 Å². The first-order valence-electron chi connectivity index (χ1n) is 5.29. The number of likely N-dealkylation sites (N-methyl/N-ethyl adjacent to an activating group) is 1. The second-order valence-corrected chi connectivity index (χ2v) is 4.92. The SMILES string of the molecule is CNC(Cc1cncs1)CC(C)COC. The van der Waals surface area contributed by atoms with Crippen LogP contribution >= 0.6 is 11.3 Å². The Bertz CT molecular complexity index is 251. The van der Waals surface area contributed by atoms with Gasteiger partial charge in [0.1, 0.15) is 0 Å². The Labute approximate surface area is 95.9 Å². The summed E-state index contributed by atoms with van der Waals surface area (Å²) in [5, 5.41) is 3.35. The molecule has 0 amide bonds. The van der Waals surface area contributed by atoms with Crippen molar-refractivity contribution in [3.05, 3.63) is 16.6 Å². The number of hydrogen-bond acceptors (Lipinski definition) is 4. The Morgan fingerprint density at radius 2 is 2.40 bits per heavy atom. The molecule has 0 saturated carbocycles. The van der Waals surface area contributed by atoms with Crippen LogP contribution in [0.1, 0.15) is 18.2 Å². The van der Waals surface area contributed by atoms with Crippen molar-refractivity contribution in [2.75, 3.05) is 20.8 Å². The van der Waals surface area contributed by atoms with Crippen LogP contribution < -0.4 is 5.32 Å². The van der Waals surface area contributed by atoms with Crippen LogP contribution in [0.15, 0.2) is 11.7 Å². The molecule has 2 unspecified atom stereocenters. The molecule has 0 aliphatic rings. The molecule has 0 saturated heterocycles. The maximum absolute atomic E-state index is 5.15. The highest BCUT2D eigenvalue weighted by Gasteiger charge is 2.12. The van der Waals surface area contributed by atoms with Crippen molar-refractivity contribution in [2.24, 2.45) is 5.92 Å². The van der Waals surface area contributed by atoms with Crippen LogP contribution in [0.25, 0.3) is 0 Å². The molecule has 86 valence electrons. The van der Waals surface area contributed by atoms with E-state index in [1.807, 2.05) is 18.8 Å². The van der Waals surface area contributed by atoms with Crippen molar-refractivity contribution < 1.29 is 4.74 Å². The molecule has 15 heavy (non-hydrogen) atoms. The molecule has 1 N–H and O–H groups in total. The van der Waals surface area contributed by atoms with E-state index in [-0.39, 0.29) is 0 Å². The minimum absolute atomic E-state index is 0.524. The molecule has 0 radical (unpaired) electrons. The monoisotopic (exact) mass is 228 g/mol. The molecule has 0 bridgehead atoms. The number of thiazole rings is 1. The highest BCUT2D eigenvalue weighted by Crippen LogP contribution is 2.14. The zero-order valence-electron chi connectivity index (χ0n) is 9.69. The minimum atomic E-state index is 0.524. The van der Waals surface area contributed by atoms with Crippen LogP contribution in [0, 0.1) is 5.92 Å². The number of hydrogen-bond donors (Lipinski definition) is 1. The average molecular weight is 228 g/mol. The molecule has 0 aliphatic carbocycles. The molecule has 4 heteroatoms. The number of nitrogens with zero attached hydrogens (tertiary/aromatic N) is 1. The van der Waals surface area contributed by atoms with E-state index in [1.54, 1.807) is 18.4 Å². The molecule has 0 aromatic carbocycles. The van der Waals surface area contributed by atoms with E-state index < -0.39 is 0 Å². The summed E-state index contributed by atoms with van der Waals surface area (Å²) in [6, 6.07) is 0.524. The Kier molecular flexibility index (Phi) is 5.83. The lowest BCUT2D eigenvalue weighted by molar-refractivity contribution is 0.150. The Balaban J connectivity index is 2.35. The number of rotatable bonds is 7. The van der Waals surface area contributed by atoms with Gasteiger partial charge in [0.25, 0.3) is 0 Å². The number of ether oxygens (including phenoxy) is 1. The molecule has 0 spiro atoms. The first-order chi connectivity index (χ1) is 7.26. The van der Waals surface area contributed by atoms with Crippen LogP contribution in [-0.4, -0.2) is 31.8 Å². The quantitative estimate of drug-likeness (QED) is 0.774. The molecule has 1 rings (SSSR count). The van der Waals surface area contributed by atoms with E-state index in [0.29, 0.717) is 12.0 Å². The van der Waals surface area contributed by atoms with E-state index >= 15 is 0 Å². The summed E-state index contributed by atoms with van der Waals surface area (Å²) in [7, 11) is 3.78. The zero-order chi connectivity index (χ0) is 11.1. The van der Waals surface area contributed by atoms with Crippen molar-refractivity contribution in [1.29, 1.82) is 0 Å². The summed E-state index contributed by atoms with van der Waals surface area (Å²) < 4.78 is 5.15. The fraction of sp³-hybridized carbons (Fsp3) is 0.727. The summed E-state index contributed by atoms with van der Waals surface area (Å²) >= 11 is 1.72. The molecule has 1 aromatic heterocycles. The third-order valence-electron chi connectivity index (χ3n) is 2.48. The van der Waals surface area contributed by atoms with E-state index in [4.69, 9.17) is 4.74 Å². The van der Waals surface area contributed by atoms with Gasteiger partial charge in [-0.15, -0.1) is 11.3 Å². The van der Waals surface area contributed by atoms with Gasteiger partial charge in [0, 0.05) is 30.8 Å². The smallest absolute Gasteiger partial charge is 0.0794 e. The van der Waals surface area contributed by atoms with Gasteiger partial charge in [-0.3, -0.25) is 4.98 Å². The third-order valence-corrected chi connectivity index (χ3v) is 3.28. The lowest BCUT2D eigenvalue weighted by atomic mass is 10.00. The van der Waals surface area contributed by atoms with Crippen molar-refractivity contribution in [2.45, 2.75) is 25.8 Å². The summed E-state index contributed by atoms with van der Waals surface area (Å²) in [6.07, 6.45) is 4.16. The first kappa shape index (κ1) is 12.6. The van der Waals surface area contributed by atoms with Crippen LogP contribution in [0.4, 0.5) is 0 Å². The van der Waals surface area contributed by atoms with Crippen molar-refractivity contribution in [3.8, 4) is 0 Å². The molecule has 3 nitrogen and oxygen atoms in total. The first-order valence-corrected chi connectivity index (χ1v) is 6.17. The highest BCUT2D eigenvalue weighted by atomic mass is 32.1. The standard InChI is InChI=1S/C11H20N2OS/c1-9(7-14-3)4-10(12-2)5-11-6-13-8-15-11/h6,8-10,12H,4-5,7H2,1-3H3. The van der Waals surface area contributed by atoms with E-state index in [2.05, 4.69) is 17.2 Å². The highest BCUT2D eigenvalue weighted by molar-refractivity contribution is 7.09. The molecular formula is C11H20N2OS. The Morgan fingerprint density at radius 3 is 2.93 bits per heavy atom. The normalized spacial score (nSPS) is 15.1. The van der Waals surface area contributed by atoms with Gasteiger partial charge in [0.15, 0.2) is 0 Å². The number of nitrogens with one attached hydrogen (secondary N) is 1. The topological polar surface area (TPSA) is 34.2 Å². The molecule has 2 atom stereocenters. The second-order valence-electron chi connectivity index (χ2n) is 3.95. The van der Waals surface area contributed by atoms with Gasteiger partial charge in [-0.25, -0.2) is 0 Å². The van der Waals surface area contributed by atoms with Crippen LogP contribution in [0.3, 0.4) is 0 Å². The summed E-state index contributed by atoms with van der Waals surface area (Å²) in [6.45, 7) is 3.06. The van der Waals surface area contributed by atoms with Gasteiger partial charge in [0.05, 0.1) is 5.51 Å². The van der Waals surface area contributed by atoms with Crippen LogP contribution in [0.2, 0.25) is 0 Å². The van der Waals surface area contributed by atoms with Crippen molar-refractivity contribution >= 4 is 11.3 Å². The fourth-order valence-corrected chi connectivity index (χ4v) is 2.40. The van der Waals surface area contributed by atoms with Gasteiger partial charge < -0.3 is 10.1 Å². The van der Waals surface area contributed by atoms with Crippen LogP contribution in [0.5, 0.6) is 0 Å². The summed E-state index contributed by atoms with van der Waals surface area (Å²) in [4.78, 5) is 5.44. The predicted molar refractivity (Wildman–Crippen MR) is 64.3 cm³/mol. The van der Waals surface area contributed by atoms with Gasteiger partial charge in [0.2, 0.25) is 0 Å². The predicted octanol–water partition coefficient (Wildman–Crippen LogP) is 1.95. The van der Waals surface area contributed by atoms with Gasteiger partial charge in [-0.05, 0) is 25.8 Å². The van der Waals surface area contributed by atoms with Crippen LogP contribution in [-0.2, 0) is 11.2 Å². The largest absolute Gasteiger partial charge is 0.384 e. The maximum Gasteiger partial charge on any atom is 0.0794 e. The van der Waals surface area contributed by atoms with Gasteiger partial charge >= 0.3 is 0 Å².